The van der Waals surface area contributed by atoms with Crippen molar-refractivity contribution in [2.45, 2.75) is 10.8 Å². The fourth-order valence-corrected chi connectivity index (χ4v) is 11.1. The molecule has 0 atom stereocenters. The summed E-state index contributed by atoms with van der Waals surface area (Å²) in [5.74, 6) is 0. The molecule has 10 aromatic rings. The third-order valence-electron chi connectivity index (χ3n) is 13.6. The van der Waals surface area contributed by atoms with E-state index in [4.69, 9.17) is 0 Å². The highest BCUT2D eigenvalue weighted by Gasteiger charge is 2.49. The summed E-state index contributed by atoms with van der Waals surface area (Å²) in [4.78, 5) is 2.51. The van der Waals surface area contributed by atoms with Gasteiger partial charge in [-0.3, -0.25) is 0 Å². The van der Waals surface area contributed by atoms with Crippen LogP contribution in [-0.2, 0) is 10.8 Å². The lowest BCUT2D eigenvalue weighted by molar-refractivity contribution is 0.766. The van der Waals surface area contributed by atoms with Gasteiger partial charge in [0, 0.05) is 16.9 Å². The van der Waals surface area contributed by atoms with Gasteiger partial charge in [0.05, 0.1) is 16.5 Å². The highest BCUT2D eigenvalue weighted by atomic mass is 15.1. The summed E-state index contributed by atoms with van der Waals surface area (Å²) in [7, 11) is 0. The van der Waals surface area contributed by atoms with Crippen molar-refractivity contribution < 1.29 is 0 Å². The topological polar surface area (TPSA) is 3.24 Å². The molecule has 0 radical (unpaired) electrons. The van der Waals surface area contributed by atoms with Crippen molar-refractivity contribution in [1.82, 2.24) is 0 Å². The Kier molecular flexibility index (Phi) is 8.69. The fraction of sp³-hybridized carbons (Fsp3) is 0.0323. The van der Waals surface area contributed by atoms with Crippen LogP contribution >= 0.6 is 0 Å². The number of hydrogen-bond acceptors (Lipinski definition) is 1. The Morgan fingerprint density at radius 2 is 0.651 bits per heavy atom. The van der Waals surface area contributed by atoms with E-state index >= 15 is 0 Å². The van der Waals surface area contributed by atoms with Crippen molar-refractivity contribution in [3.05, 3.63) is 305 Å². The van der Waals surface area contributed by atoms with Gasteiger partial charge in [0.2, 0.25) is 0 Å². The van der Waals surface area contributed by atoms with Crippen LogP contribution in [0, 0.1) is 0 Å². The van der Waals surface area contributed by atoms with Crippen molar-refractivity contribution in [2.24, 2.45) is 0 Å². The molecule has 0 heterocycles. The second-order valence-corrected chi connectivity index (χ2v) is 16.7. The molecule has 2 aliphatic carbocycles. The number of nitrogens with zero attached hydrogens (tertiary/aromatic N) is 1. The lowest BCUT2D eigenvalue weighted by atomic mass is 9.67. The summed E-state index contributed by atoms with van der Waals surface area (Å²) in [6, 6.07) is 96.5. The molecule has 0 saturated heterocycles. The van der Waals surface area contributed by atoms with Gasteiger partial charge < -0.3 is 4.90 Å². The van der Waals surface area contributed by atoms with Gasteiger partial charge in [0.1, 0.15) is 0 Å². The van der Waals surface area contributed by atoms with E-state index in [1.165, 1.54) is 77.9 Å². The molecular formula is C62H43N. The first-order chi connectivity index (χ1) is 31.3. The van der Waals surface area contributed by atoms with E-state index in [0.717, 1.165) is 17.1 Å². The molecule has 1 nitrogen and oxygen atoms in total. The maximum absolute atomic E-state index is 2.51. The summed E-state index contributed by atoms with van der Waals surface area (Å²) >= 11 is 0. The smallest absolute Gasteiger partial charge is 0.0734 e. The number of benzene rings is 10. The third-order valence-corrected chi connectivity index (χ3v) is 13.6. The van der Waals surface area contributed by atoms with Crippen LogP contribution in [0.1, 0.15) is 44.5 Å². The molecule has 1 heteroatoms. The zero-order valence-electron chi connectivity index (χ0n) is 34.8. The standard InChI is InChI=1S/C62H43N/c1-5-21-44(22-6-1)45-23-19-30-51(43-45)63(50-41-39-49(40-42-50)61(46-24-7-2-8-25-46)56-35-16-13-31-52(56)53-32-14-17-36-57(53)61)59-38-20-34-55-54-33-15-18-37-58(54)62(60(55)59,47-26-9-3-10-27-47)48-28-11-4-12-29-48/h1-43H. The van der Waals surface area contributed by atoms with Crippen LogP contribution < -0.4 is 4.90 Å². The largest absolute Gasteiger partial charge is 0.310 e. The van der Waals surface area contributed by atoms with Gasteiger partial charge in [0.25, 0.3) is 0 Å². The predicted octanol–water partition coefficient (Wildman–Crippen LogP) is 15.5. The number of anilines is 3. The number of hydrogen-bond donors (Lipinski definition) is 0. The zero-order valence-corrected chi connectivity index (χ0v) is 34.8. The average Bonchev–Trinajstić information content (AvgIpc) is 3.85. The molecule has 0 N–H and O–H groups in total. The highest BCUT2D eigenvalue weighted by molar-refractivity contribution is 5.95. The summed E-state index contributed by atoms with van der Waals surface area (Å²) < 4.78 is 0. The number of fused-ring (bicyclic) bond motifs is 6. The van der Waals surface area contributed by atoms with E-state index in [1.807, 2.05) is 0 Å². The van der Waals surface area contributed by atoms with Gasteiger partial charge in [-0.2, -0.15) is 0 Å². The molecule has 0 spiro atoms. The zero-order chi connectivity index (χ0) is 41.8. The van der Waals surface area contributed by atoms with E-state index in [-0.39, 0.29) is 0 Å². The lowest BCUT2D eigenvalue weighted by Crippen LogP contribution is -2.30. The van der Waals surface area contributed by atoms with Crippen LogP contribution in [0.3, 0.4) is 0 Å². The summed E-state index contributed by atoms with van der Waals surface area (Å²) in [6.07, 6.45) is 0. The van der Waals surface area contributed by atoms with E-state index in [2.05, 4.69) is 266 Å². The Morgan fingerprint density at radius 3 is 1.21 bits per heavy atom. The Hall–Kier alpha value is -8.00. The Bertz CT molecular complexity index is 3180. The second-order valence-electron chi connectivity index (χ2n) is 16.7. The van der Waals surface area contributed by atoms with Gasteiger partial charge in [0.15, 0.2) is 0 Å². The molecule has 0 saturated carbocycles. The number of rotatable bonds is 8. The Balaban J connectivity index is 1.13. The van der Waals surface area contributed by atoms with E-state index in [1.54, 1.807) is 0 Å². The molecule has 0 amide bonds. The SMILES string of the molecule is c1ccc(-c2cccc(N(c3ccc(C4(c5ccccc5)c5ccccc5-c5ccccc54)cc3)c3cccc4c3C(c3ccccc3)(c3ccccc3)c3ccccc3-4)c2)cc1. The molecule has 296 valence electrons. The fourth-order valence-electron chi connectivity index (χ4n) is 11.1. The van der Waals surface area contributed by atoms with Crippen LogP contribution in [0.25, 0.3) is 33.4 Å². The molecule has 0 aliphatic heterocycles. The third kappa shape index (κ3) is 5.50. The maximum atomic E-state index is 2.51. The molecule has 0 bridgehead atoms. The molecular weight excluding hydrogens is 759 g/mol. The minimum Gasteiger partial charge on any atom is -0.310 e. The van der Waals surface area contributed by atoms with Gasteiger partial charge >= 0.3 is 0 Å². The van der Waals surface area contributed by atoms with Crippen LogP contribution in [0.15, 0.2) is 261 Å². The van der Waals surface area contributed by atoms with Crippen molar-refractivity contribution in [2.75, 3.05) is 4.90 Å². The van der Waals surface area contributed by atoms with Crippen molar-refractivity contribution in [1.29, 1.82) is 0 Å². The first-order valence-corrected chi connectivity index (χ1v) is 21.9. The molecule has 10 aromatic carbocycles. The summed E-state index contributed by atoms with van der Waals surface area (Å²) in [5, 5.41) is 0. The minimum absolute atomic E-state index is 0.490. The lowest BCUT2D eigenvalue weighted by Gasteiger charge is -2.38. The van der Waals surface area contributed by atoms with Crippen molar-refractivity contribution >= 4 is 17.1 Å². The van der Waals surface area contributed by atoms with Crippen LogP contribution in [-0.4, -0.2) is 0 Å². The minimum atomic E-state index is -0.588. The monoisotopic (exact) mass is 801 g/mol. The maximum Gasteiger partial charge on any atom is 0.0734 e. The first-order valence-electron chi connectivity index (χ1n) is 21.9. The van der Waals surface area contributed by atoms with Crippen LogP contribution in [0.2, 0.25) is 0 Å². The van der Waals surface area contributed by atoms with Gasteiger partial charge in [-0.25, -0.2) is 0 Å². The molecule has 0 fully saturated rings. The van der Waals surface area contributed by atoms with Gasteiger partial charge in [-0.1, -0.05) is 231 Å². The van der Waals surface area contributed by atoms with Crippen LogP contribution in [0.4, 0.5) is 17.1 Å². The van der Waals surface area contributed by atoms with E-state index in [9.17, 15) is 0 Å². The molecule has 0 unspecified atom stereocenters. The van der Waals surface area contributed by atoms with E-state index < -0.39 is 10.8 Å². The van der Waals surface area contributed by atoms with E-state index in [0.29, 0.717) is 0 Å². The van der Waals surface area contributed by atoms with Gasteiger partial charge in [-0.05, 0) is 103 Å². The van der Waals surface area contributed by atoms with Crippen molar-refractivity contribution in [3.63, 3.8) is 0 Å². The average molecular weight is 802 g/mol. The van der Waals surface area contributed by atoms with Gasteiger partial charge in [-0.15, -0.1) is 0 Å². The highest BCUT2D eigenvalue weighted by Crippen LogP contribution is 2.61. The normalized spacial score (nSPS) is 13.7. The Morgan fingerprint density at radius 1 is 0.254 bits per heavy atom. The Labute approximate surface area is 369 Å². The molecule has 0 aromatic heterocycles. The second kappa shape index (κ2) is 14.9. The van der Waals surface area contributed by atoms with Crippen LogP contribution in [0.5, 0.6) is 0 Å². The first kappa shape index (κ1) is 36.8. The quantitative estimate of drug-likeness (QED) is 0.148. The van der Waals surface area contributed by atoms with Crippen molar-refractivity contribution in [3.8, 4) is 33.4 Å². The summed E-state index contributed by atoms with van der Waals surface area (Å²) in [6.45, 7) is 0. The molecule has 12 rings (SSSR count). The summed E-state index contributed by atoms with van der Waals surface area (Å²) in [5.41, 5.74) is 19.9. The predicted molar refractivity (Wildman–Crippen MR) is 261 cm³/mol. The molecule has 63 heavy (non-hydrogen) atoms. The molecule has 2 aliphatic rings.